The fourth-order valence-corrected chi connectivity index (χ4v) is 3.76. The molecule has 0 saturated heterocycles. The molecule has 1 N–H and O–H groups in total. The quantitative estimate of drug-likeness (QED) is 0.672. The Kier molecular flexibility index (Phi) is 6.03. The number of carbonyl (C=O) groups excluding carboxylic acids is 1. The molecule has 29 heavy (non-hydrogen) atoms. The number of anilines is 1. The van der Waals surface area contributed by atoms with Gasteiger partial charge in [-0.3, -0.25) is 9.10 Å². The SMILES string of the molecule is Cc1cc(C(=O)NC(c2ccccc2)c2ccccc2)ccc1N(C)S(C)(=O)=O. The topological polar surface area (TPSA) is 66.5 Å². The molecule has 3 aromatic rings. The Morgan fingerprint density at radius 2 is 1.41 bits per heavy atom. The summed E-state index contributed by atoms with van der Waals surface area (Å²) in [6.07, 6.45) is 1.15. The Morgan fingerprint density at radius 3 is 1.86 bits per heavy atom. The van der Waals surface area contributed by atoms with Crippen LogP contribution in [0.5, 0.6) is 0 Å². The molecule has 0 atom stereocenters. The Bertz CT molecular complexity index is 1060. The van der Waals surface area contributed by atoms with Gasteiger partial charge in [0.1, 0.15) is 0 Å². The second kappa shape index (κ2) is 8.49. The molecule has 0 aliphatic heterocycles. The standard InChI is InChI=1S/C23H24N2O3S/c1-17-16-20(14-15-21(17)25(2)29(3,27)28)23(26)24-22(18-10-6-4-7-11-18)19-12-8-5-9-13-19/h4-16,22H,1-3H3,(H,24,26). The van der Waals surface area contributed by atoms with Crippen molar-refractivity contribution in [2.24, 2.45) is 0 Å². The minimum atomic E-state index is -3.37. The lowest BCUT2D eigenvalue weighted by molar-refractivity contribution is 0.0943. The average Bonchev–Trinajstić information content (AvgIpc) is 2.72. The van der Waals surface area contributed by atoms with E-state index in [0.29, 0.717) is 16.8 Å². The second-order valence-corrected chi connectivity index (χ2v) is 8.97. The van der Waals surface area contributed by atoms with Gasteiger partial charge in [-0.15, -0.1) is 0 Å². The highest BCUT2D eigenvalue weighted by molar-refractivity contribution is 7.92. The number of aryl methyl sites for hydroxylation is 1. The number of hydrogen-bond donors (Lipinski definition) is 1. The van der Waals surface area contributed by atoms with Gasteiger partial charge in [0.25, 0.3) is 5.91 Å². The number of carbonyl (C=O) groups is 1. The number of benzene rings is 3. The molecule has 0 aliphatic carbocycles. The highest BCUT2D eigenvalue weighted by Crippen LogP contribution is 2.25. The Labute approximate surface area is 172 Å². The Balaban J connectivity index is 1.90. The first kappa shape index (κ1) is 20.6. The highest BCUT2D eigenvalue weighted by Gasteiger charge is 2.19. The van der Waals surface area contributed by atoms with Gasteiger partial charge in [-0.1, -0.05) is 60.7 Å². The third-order valence-corrected chi connectivity index (χ3v) is 6.03. The molecule has 0 unspecified atom stereocenters. The smallest absolute Gasteiger partial charge is 0.252 e. The maximum atomic E-state index is 13.0. The lowest BCUT2D eigenvalue weighted by atomic mass is 9.98. The van der Waals surface area contributed by atoms with Crippen LogP contribution in [0.2, 0.25) is 0 Å². The van der Waals surface area contributed by atoms with Gasteiger partial charge in [-0.25, -0.2) is 8.42 Å². The van der Waals surface area contributed by atoms with E-state index in [1.807, 2.05) is 60.7 Å². The Hall–Kier alpha value is -3.12. The lowest BCUT2D eigenvalue weighted by Gasteiger charge is -2.21. The van der Waals surface area contributed by atoms with E-state index in [1.165, 1.54) is 11.4 Å². The fraction of sp³-hybridized carbons (Fsp3) is 0.174. The van der Waals surface area contributed by atoms with Crippen LogP contribution in [0, 0.1) is 6.92 Å². The van der Waals surface area contributed by atoms with Gasteiger partial charge < -0.3 is 5.32 Å². The zero-order valence-corrected chi connectivity index (χ0v) is 17.5. The van der Waals surface area contributed by atoms with Crippen LogP contribution >= 0.6 is 0 Å². The van der Waals surface area contributed by atoms with Crippen molar-refractivity contribution in [2.45, 2.75) is 13.0 Å². The summed E-state index contributed by atoms with van der Waals surface area (Å²) in [5.74, 6) is -0.223. The zero-order valence-electron chi connectivity index (χ0n) is 16.7. The summed E-state index contributed by atoms with van der Waals surface area (Å²) >= 11 is 0. The molecule has 0 bridgehead atoms. The third-order valence-electron chi connectivity index (χ3n) is 4.84. The van der Waals surface area contributed by atoms with Gasteiger partial charge in [-0.2, -0.15) is 0 Å². The lowest BCUT2D eigenvalue weighted by Crippen LogP contribution is -2.30. The van der Waals surface area contributed by atoms with E-state index in [1.54, 1.807) is 25.1 Å². The monoisotopic (exact) mass is 408 g/mol. The average molecular weight is 409 g/mol. The molecular formula is C23H24N2O3S. The maximum absolute atomic E-state index is 13.0. The zero-order chi connectivity index (χ0) is 21.0. The van der Waals surface area contributed by atoms with Gasteiger partial charge in [0, 0.05) is 12.6 Å². The molecule has 3 rings (SSSR count). The number of rotatable bonds is 6. The summed E-state index contributed by atoms with van der Waals surface area (Å²) < 4.78 is 24.8. The maximum Gasteiger partial charge on any atom is 0.252 e. The van der Waals surface area contributed by atoms with E-state index in [9.17, 15) is 13.2 Å². The molecule has 0 radical (unpaired) electrons. The first-order valence-corrected chi connectivity index (χ1v) is 11.1. The van der Waals surface area contributed by atoms with Crippen LogP contribution in [0.3, 0.4) is 0 Å². The molecule has 0 fully saturated rings. The van der Waals surface area contributed by atoms with E-state index >= 15 is 0 Å². The number of sulfonamides is 1. The molecule has 0 spiro atoms. The van der Waals surface area contributed by atoms with Gasteiger partial charge in [-0.05, 0) is 41.8 Å². The van der Waals surface area contributed by atoms with Crippen molar-refractivity contribution < 1.29 is 13.2 Å². The first-order valence-electron chi connectivity index (χ1n) is 9.22. The highest BCUT2D eigenvalue weighted by atomic mass is 32.2. The summed E-state index contributed by atoms with van der Waals surface area (Å²) in [5, 5.41) is 3.10. The fourth-order valence-electron chi connectivity index (χ4n) is 3.19. The van der Waals surface area contributed by atoms with Gasteiger partial charge in [0.15, 0.2) is 0 Å². The minimum absolute atomic E-state index is 0.223. The van der Waals surface area contributed by atoms with Crippen LogP contribution in [-0.2, 0) is 10.0 Å². The molecule has 150 valence electrons. The summed E-state index contributed by atoms with van der Waals surface area (Å²) in [4.78, 5) is 13.0. The van der Waals surface area contributed by atoms with Crippen molar-refractivity contribution >= 4 is 21.6 Å². The third kappa shape index (κ3) is 4.84. The molecular weight excluding hydrogens is 384 g/mol. The summed E-state index contributed by atoms with van der Waals surface area (Å²) in [6.45, 7) is 1.79. The van der Waals surface area contributed by atoms with Crippen LogP contribution in [-0.4, -0.2) is 27.6 Å². The predicted octanol–water partition coefficient (Wildman–Crippen LogP) is 3.91. The number of hydrogen-bond acceptors (Lipinski definition) is 3. The van der Waals surface area contributed by atoms with E-state index in [0.717, 1.165) is 17.4 Å². The van der Waals surface area contributed by atoms with Gasteiger partial charge in [0.05, 0.1) is 18.0 Å². The number of amides is 1. The van der Waals surface area contributed by atoms with Crippen molar-refractivity contribution in [2.75, 3.05) is 17.6 Å². The Morgan fingerprint density at radius 1 is 0.897 bits per heavy atom. The van der Waals surface area contributed by atoms with E-state index in [2.05, 4.69) is 5.32 Å². The number of nitrogens with zero attached hydrogens (tertiary/aromatic N) is 1. The second-order valence-electron chi connectivity index (χ2n) is 6.96. The molecule has 5 nitrogen and oxygen atoms in total. The van der Waals surface area contributed by atoms with Crippen LogP contribution in [0.25, 0.3) is 0 Å². The van der Waals surface area contributed by atoms with Crippen molar-refractivity contribution in [3.8, 4) is 0 Å². The molecule has 0 heterocycles. The van der Waals surface area contributed by atoms with Crippen molar-refractivity contribution in [1.82, 2.24) is 5.32 Å². The summed E-state index contributed by atoms with van der Waals surface area (Å²) in [6, 6.07) is 24.3. The molecule has 1 amide bonds. The van der Waals surface area contributed by atoms with Crippen molar-refractivity contribution in [3.63, 3.8) is 0 Å². The first-order chi connectivity index (χ1) is 13.8. The minimum Gasteiger partial charge on any atom is -0.341 e. The molecule has 0 aliphatic rings. The molecule has 6 heteroatoms. The normalized spacial score (nSPS) is 11.3. The van der Waals surface area contributed by atoms with Crippen molar-refractivity contribution in [1.29, 1.82) is 0 Å². The van der Waals surface area contributed by atoms with Crippen molar-refractivity contribution in [3.05, 3.63) is 101 Å². The molecule has 0 saturated carbocycles. The van der Waals surface area contributed by atoms with Crippen LogP contribution in [0.1, 0.15) is 33.1 Å². The van der Waals surface area contributed by atoms with E-state index in [4.69, 9.17) is 0 Å². The summed E-state index contributed by atoms with van der Waals surface area (Å²) in [7, 11) is -1.87. The molecule has 0 aromatic heterocycles. The number of nitrogens with one attached hydrogen (secondary N) is 1. The van der Waals surface area contributed by atoms with Gasteiger partial charge in [0.2, 0.25) is 10.0 Å². The largest absolute Gasteiger partial charge is 0.341 e. The van der Waals surface area contributed by atoms with Crippen LogP contribution < -0.4 is 9.62 Å². The van der Waals surface area contributed by atoms with E-state index < -0.39 is 10.0 Å². The van der Waals surface area contributed by atoms with Crippen LogP contribution in [0.4, 0.5) is 5.69 Å². The van der Waals surface area contributed by atoms with Gasteiger partial charge >= 0.3 is 0 Å². The summed E-state index contributed by atoms with van der Waals surface area (Å²) in [5.41, 5.74) is 3.70. The predicted molar refractivity (Wildman–Crippen MR) is 117 cm³/mol. The molecule has 3 aromatic carbocycles. The van der Waals surface area contributed by atoms with Crippen LogP contribution in [0.15, 0.2) is 78.9 Å². The van der Waals surface area contributed by atoms with E-state index in [-0.39, 0.29) is 11.9 Å².